The van der Waals surface area contributed by atoms with Crippen LogP contribution < -0.4 is 0 Å². The molecule has 6 rings (SSSR count). The van der Waals surface area contributed by atoms with Crippen LogP contribution in [0.5, 0.6) is 0 Å². The second kappa shape index (κ2) is 9.96. The Morgan fingerprint density at radius 2 is 1.82 bits per heavy atom. The molecule has 0 spiro atoms. The van der Waals surface area contributed by atoms with E-state index in [1.165, 1.54) is 6.07 Å². The van der Waals surface area contributed by atoms with Gasteiger partial charge in [-0.05, 0) is 60.2 Å². The smallest absolute Gasteiger partial charge is 0.420 e. The number of nitrogens with zero attached hydrogens (tertiary/aromatic N) is 5. The maximum atomic E-state index is 14.3. The zero-order chi connectivity index (χ0) is 27.1. The summed E-state index contributed by atoms with van der Waals surface area (Å²) < 4.78 is 50.5. The zero-order valence-corrected chi connectivity index (χ0v) is 21.7. The second-order valence-corrected chi connectivity index (χ2v) is 10.4. The molecule has 1 saturated heterocycles. The van der Waals surface area contributed by atoms with Crippen molar-refractivity contribution in [1.82, 2.24) is 24.6 Å². The van der Waals surface area contributed by atoms with Crippen LogP contribution in [0, 0.1) is 5.92 Å². The van der Waals surface area contributed by atoms with E-state index < -0.39 is 11.7 Å². The molecule has 3 aromatic carbocycles. The number of hydrogen-bond acceptors (Lipinski definition) is 5. The molecule has 9 heteroatoms. The second-order valence-electron chi connectivity index (χ2n) is 10.4. The van der Waals surface area contributed by atoms with Crippen LogP contribution in [0.4, 0.5) is 13.2 Å². The maximum Gasteiger partial charge on any atom is 0.420 e. The molecule has 1 aliphatic heterocycles. The molecule has 1 fully saturated rings. The van der Waals surface area contributed by atoms with E-state index in [1.807, 2.05) is 49.5 Å². The molecule has 3 heterocycles. The van der Waals surface area contributed by atoms with Crippen LogP contribution in [0.2, 0.25) is 0 Å². The van der Waals surface area contributed by atoms with Gasteiger partial charge in [-0.15, -0.1) is 10.2 Å². The summed E-state index contributed by atoms with van der Waals surface area (Å²) in [5, 5.41) is 8.35. The summed E-state index contributed by atoms with van der Waals surface area (Å²) in [6, 6.07) is 18.3. The number of fused-ring (bicyclic) bond motifs is 1. The number of benzene rings is 3. The van der Waals surface area contributed by atoms with E-state index in [9.17, 15) is 13.2 Å². The first kappa shape index (κ1) is 25.3. The summed E-state index contributed by atoms with van der Waals surface area (Å²) in [5.74, 6) is 1.19. The summed E-state index contributed by atoms with van der Waals surface area (Å²) in [6.07, 6.45) is -0.806. The normalized spacial score (nSPS) is 16.7. The minimum atomic E-state index is -4.58. The molecule has 1 unspecified atom stereocenters. The van der Waals surface area contributed by atoms with E-state index in [1.54, 1.807) is 23.0 Å². The summed E-state index contributed by atoms with van der Waals surface area (Å²) >= 11 is 0. The molecule has 1 atom stereocenters. The van der Waals surface area contributed by atoms with E-state index in [-0.39, 0.29) is 17.0 Å². The largest absolute Gasteiger partial charge is 0.435 e. The number of likely N-dealkylation sites (tertiary alicyclic amines) is 1. The Morgan fingerprint density at radius 3 is 2.54 bits per heavy atom. The van der Waals surface area contributed by atoms with Gasteiger partial charge in [-0.2, -0.15) is 13.2 Å². The molecule has 2 aromatic heterocycles. The number of aromatic nitrogens is 4. The molecule has 5 aromatic rings. The number of oxazole rings is 1. The van der Waals surface area contributed by atoms with Crippen LogP contribution in [0.1, 0.15) is 30.9 Å². The van der Waals surface area contributed by atoms with Crippen LogP contribution in [0.25, 0.3) is 45.1 Å². The highest BCUT2D eigenvalue weighted by atomic mass is 19.4. The number of halogens is 3. The van der Waals surface area contributed by atoms with Crippen molar-refractivity contribution in [2.75, 3.05) is 13.1 Å². The first-order chi connectivity index (χ1) is 18.8. The standard InChI is InChI=1S/C30H28F3N5O/c1-19-8-7-13-38(16-19)17-20-14-24(30(31,32)33)27-25(15-20)35-29(39-27)23-12-6-11-22(21-9-4-3-5-10-21)26(23)28-36-34-18-37(28)2/h3-6,9-12,14-15,18-19H,7-8,13,16-17H2,1-2H3. The number of piperidine rings is 1. The Balaban J connectivity index is 1.52. The Hall–Kier alpha value is -3.98. The van der Waals surface area contributed by atoms with E-state index in [2.05, 4.69) is 27.0 Å². The quantitative estimate of drug-likeness (QED) is 0.240. The van der Waals surface area contributed by atoms with Crippen LogP contribution in [0.15, 0.2) is 71.4 Å². The highest BCUT2D eigenvalue weighted by molar-refractivity contribution is 5.92. The minimum Gasteiger partial charge on any atom is -0.435 e. The fraction of sp³-hybridized carbons (Fsp3) is 0.300. The third-order valence-electron chi connectivity index (χ3n) is 7.32. The lowest BCUT2D eigenvalue weighted by molar-refractivity contribution is -0.136. The van der Waals surface area contributed by atoms with E-state index in [0.29, 0.717) is 35.0 Å². The van der Waals surface area contributed by atoms with Gasteiger partial charge in [-0.25, -0.2) is 4.98 Å². The van der Waals surface area contributed by atoms with Crippen molar-refractivity contribution in [2.24, 2.45) is 13.0 Å². The fourth-order valence-corrected chi connectivity index (χ4v) is 5.54. The Labute approximate surface area is 224 Å². The molecular formula is C30H28F3N5O. The maximum absolute atomic E-state index is 14.3. The molecule has 0 bridgehead atoms. The average molecular weight is 532 g/mol. The van der Waals surface area contributed by atoms with Crippen molar-refractivity contribution in [3.05, 3.63) is 78.1 Å². The van der Waals surface area contributed by atoms with Gasteiger partial charge in [0.2, 0.25) is 5.89 Å². The highest BCUT2D eigenvalue weighted by Gasteiger charge is 2.36. The van der Waals surface area contributed by atoms with Gasteiger partial charge in [0.1, 0.15) is 17.4 Å². The van der Waals surface area contributed by atoms with Crippen molar-refractivity contribution in [3.8, 4) is 34.0 Å². The molecule has 0 N–H and O–H groups in total. The van der Waals surface area contributed by atoms with Gasteiger partial charge in [0.25, 0.3) is 0 Å². The number of alkyl halides is 3. The van der Waals surface area contributed by atoms with Crippen molar-refractivity contribution < 1.29 is 17.6 Å². The van der Waals surface area contributed by atoms with Crippen LogP contribution >= 0.6 is 0 Å². The molecule has 1 aliphatic rings. The highest BCUT2D eigenvalue weighted by Crippen LogP contribution is 2.42. The van der Waals surface area contributed by atoms with E-state index in [4.69, 9.17) is 4.42 Å². The van der Waals surface area contributed by atoms with Gasteiger partial charge in [0.15, 0.2) is 11.4 Å². The summed E-state index contributed by atoms with van der Waals surface area (Å²) in [5.41, 5.74) is 2.71. The average Bonchev–Trinajstić information content (AvgIpc) is 3.53. The number of hydrogen-bond donors (Lipinski definition) is 0. The summed E-state index contributed by atoms with van der Waals surface area (Å²) in [4.78, 5) is 6.83. The predicted octanol–water partition coefficient (Wildman–Crippen LogP) is 7.21. The van der Waals surface area contributed by atoms with Gasteiger partial charge in [0, 0.05) is 31.3 Å². The van der Waals surface area contributed by atoms with Crippen molar-refractivity contribution in [1.29, 1.82) is 0 Å². The Bertz CT molecular complexity index is 1620. The van der Waals surface area contributed by atoms with Gasteiger partial charge >= 0.3 is 6.18 Å². The molecule has 0 radical (unpaired) electrons. The third kappa shape index (κ3) is 4.94. The first-order valence-corrected chi connectivity index (χ1v) is 13.0. The van der Waals surface area contributed by atoms with Crippen molar-refractivity contribution >= 4 is 11.1 Å². The monoisotopic (exact) mass is 531 g/mol. The lowest BCUT2D eigenvalue weighted by Crippen LogP contribution is -2.33. The molecule has 6 nitrogen and oxygen atoms in total. The molecule has 0 amide bonds. The Kier molecular flexibility index (Phi) is 6.46. The fourth-order valence-electron chi connectivity index (χ4n) is 5.54. The number of rotatable bonds is 5. The molecule has 0 aliphatic carbocycles. The summed E-state index contributed by atoms with van der Waals surface area (Å²) in [6.45, 7) is 4.37. The van der Waals surface area contributed by atoms with Crippen LogP contribution in [-0.4, -0.2) is 37.7 Å². The van der Waals surface area contributed by atoms with Crippen LogP contribution in [0.3, 0.4) is 0 Å². The van der Waals surface area contributed by atoms with Crippen LogP contribution in [-0.2, 0) is 19.8 Å². The molecule has 39 heavy (non-hydrogen) atoms. The predicted molar refractivity (Wildman–Crippen MR) is 144 cm³/mol. The first-order valence-electron chi connectivity index (χ1n) is 13.0. The SMILES string of the molecule is CC1CCCN(Cc2cc(C(F)(F)F)c3oc(-c4cccc(-c5ccccc5)c4-c4nncn4C)nc3c2)C1. The minimum absolute atomic E-state index is 0.107. The van der Waals surface area contributed by atoms with Crippen molar-refractivity contribution in [2.45, 2.75) is 32.5 Å². The van der Waals surface area contributed by atoms with Gasteiger partial charge in [-0.1, -0.05) is 49.4 Å². The number of aryl methyl sites for hydroxylation is 1. The van der Waals surface area contributed by atoms with E-state index in [0.717, 1.165) is 37.1 Å². The van der Waals surface area contributed by atoms with E-state index >= 15 is 0 Å². The van der Waals surface area contributed by atoms with Crippen molar-refractivity contribution in [3.63, 3.8) is 0 Å². The molecular weight excluding hydrogens is 503 g/mol. The van der Waals surface area contributed by atoms with Gasteiger partial charge in [-0.3, -0.25) is 4.90 Å². The molecule has 200 valence electrons. The van der Waals surface area contributed by atoms with Gasteiger partial charge < -0.3 is 8.98 Å². The third-order valence-corrected chi connectivity index (χ3v) is 7.32. The lowest BCUT2D eigenvalue weighted by atomic mass is 9.94. The summed E-state index contributed by atoms with van der Waals surface area (Å²) in [7, 11) is 1.82. The molecule has 0 saturated carbocycles. The lowest BCUT2D eigenvalue weighted by Gasteiger charge is -2.30. The topological polar surface area (TPSA) is 60.0 Å². The zero-order valence-electron chi connectivity index (χ0n) is 21.7. The Morgan fingerprint density at radius 1 is 1.03 bits per heavy atom. The van der Waals surface area contributed by atoms with Gasteiger partial charge in [0.05, 0.1) is 0 Å².